The molecule has 0 N–H and O–H groups in total. The molecule has 1 saturated heterocycles. The highest BCUT2D eigenvalue weighted by atomic mass is 35.5. The van der Waals surface area contributed by atoms with Gasteiger partial charge in [0.1, 0.15) is 11.3 Å². The Morgan fingerprint density at radius 2 is 2.00 bits per heavy atom. The van der Waals surface area contributed by atoms with Gasteiger partial charge in [-0.2, -0.15) is 0 Å². The molecule has 0 bridgehead atoms. The molecule has 0 radical (unpaired) electrons. The fourth-order valence-electron chi connectivity index (χ4n) is 3.18. The number of rotatable bonds is 2. The summed E-state index contributed by atoms with van der Waals surface area (Å²) in [6.45, 7) is 3.85. The van der Waals surface area contributed by atoms with Crippen LogP contribution >= 0.6 is 11.6 Å². The van der Waals surface area contributed by atoms with E-state index in [1.807, 2.05) is 0 Å². The van der Waals surface area contributed by atoms with Crippen molar-refractivity contribution in [2.45, 2.75) is 25.5 Å². The molecular formula is C17H19ClN2O4S. The molecule has 0 aliphatic carbocycles. The van der Waals surface area contributed by atoms with Gasteiger partial charge in [0.2, 0.25) is 0 Å². The number of aryl methyl sites for hydroxylation is 2. The van der Waals surface area contributed by atoms with E-state index < -0.39 is 15.1 Å². The van der Waals surface area contributed by atoms with Crippen molar-refractivity contribution >= 4 is 27.3 Å². The van der Waals surface area contributed by atoms with Crippen molar-refractivity contribution < 1.29 is 17.7 Å². The first-order chi connectivity index (χ1) is 11.8. The van der Waals surface area contributed by atoms with Crippen LogP contribution in [-0.4, -0.2) is 43.2 Å². The maximum atomic E-state index is 12.8. The Hall–Kier alpha value is -1.86. The number of benzene rings is 1. The first-order valence-electron chi connectivity index (χ1n) is 7.99. The molecule has 1 amide bonds. The van der Waals surface area contributed by atoms with E-state index in [2.05, 4.69) is 5.16 Å². The molecular weight excluding hydrogens is 364 g/mol. The average Bonchev–Trinajstić information content (AvgIpc) is 2.80. The monoisotopic (exact) mass is 382 g/mol. The minimum atomic E-state index is -3.41. The number of carbonyl (C=O) groups is 1. The van der Waals surface area contributed by atoms with E-state index in [0.29, 0.717) is 40.6 Å². The Labute approximate surface area is 151 Å². The summed E-state index contributed by atoms with van der Waals surface area (Å²) in [4.78, 5) is 14.3. The molecule has 0 unspecified atom stereocenters. The Kier molecular flexibility index (Phi) is 4.88. The van der Waals surface area contributed by atoms with Crippen LogP contribution in [0.2, 0.25) is 5.02 Å². The van der Waals surface area contributed by atoms with E-state index in [0.717, 1.165) is 0 Å². The van der Waals surface area contributed by atoms with Gasteiger partial charge in [0.15, 0.2) is 9.84 Å². The summed E-state index contributed by atoms with van der Waals surface area (Å²) in [5, 5.41) is 3.53. The van der Waals surface area contributed by atoms with Crippen molar-refractivity contribution in [2.24, 2.45) is 0 Å². The van der Waals surface area contributed by atoms with E-state index in [1.165, 1.54) is 0 Å². The molecule has 1 aliphatic heterocycles. The highest BCUT2D eigenvalue weighted by molar-refractivity contribution is 7.91. The lowest BCUT2D eigenvalue weighted by atomic mass is 10.1. The minimum Gasteiger partial charge on any atom is -0.361 e. The van der Waals surface area contributed by atoms with Gasteiger partial charge < -0.3 is 9.42 Å². The molecule has 1 aliphatic rings. The summed E-state index contributed by atoms with van der Waals surface area (Å²) < 4.78 is 30.5. The second-order valence-corrected chi connectivity index (χ2v) is 8.87. The van der Waals surface area contributed by atoms with Crippen LogP contribution < -0.4 is 0 Å². The van der Waals surface area contributed by atoms with E-state index in [4.69, 9.17) is 16.1 Å². The second-order valence-electron chi connectivity index (χ2n) is 6.16. The van der Waals surface area contributed by atoms with Crippen molar-refractivity contribution in [1.82, 2.24) is 10.1 Å². The lowest BCUT2D eigenvalue weighted by Gasteiger charge is -2.20. The van der Waals surface area contributed by atoms with Crippen molar-refractivity contribution in [1.29, 1.82) is 0 Å². The normalized spacial score (nSPS) is 20.3. The summed E-state index contributed by atoms with van der Waals surface area (Å²) in [5.74, 6) is 0.0985. The number of sulfone groups is 1. The topological polar surface area (TPSA) is 80.5 Å². The van der Waals surface area contributed by atoms with Gasteiger partial charge >= 0.3 is 0 Å². The molecule has 2 heterocycles. The quantitative estimate of drug-likeness (QED) is 0.797. The fraction of sp³-hybridized carbons (Fsp3) is 0.412. The summed E-state index contributed by atoms with van der Waals surface area (Å²) in [6, 6.07) is 6.96. The fourth-order valence-corrected chi connectivity index (χ4v) is 5.33. The minimum absolute atomic E-state index is 0.0992. The van der Waals surface area contributed by atoms with Gasteiger partial charge in [0.05, 0.1) is 16.7 Å². The smallest absolute Gasteiger partial charge is 0.259 e. The zero-order valence-corrected chi connectivity index (χ0v) is 15.6. The molecule has 2 aromatic rings. The Balaban J connectivity index is 1.88. The van der Waals surface area contributed by atoms with Crippen LogP contribution in [0.3, 0.4) is 0 Å². The van der Waals surface area contributed by atoms with Crippen LogP contribution in [0, 0.1) is 13.8 Å². The average molecular weight is 383 g/mol. The molecule has 1 fully saturated rings. The first kappa shape index (κ1) is 17.9. The van der Waals surface area contributed by atoms with Crippen LogP contribution in [0.4, 0.5) is 0 Å². The molecule has 1 aromatic heterocycles. The van der Waals surface area contributed by atoms with Gasteiger partial charge in [-0.15, -0.1) is 0 Å². The predicted octanol–water partition coefficient (Wildman–Crippen LogP) is 2.95. The molecule has 1 atom stereocenters. The molecule has 1 aromatic carbocycles. The predicted molar refractivity (Wildman–Crippen MR) is 94.5 cm³/mol. The zero-order chi connectivity index (χ0) is 18.2. The van der Waals surface area contributed by atoms with Crippen LogP contribution in [0.5, 0.6) is 0 Å². The lowest BCUT2D eigenvalue weighted by molar-refractivity contribution is 0.0764. The second kappa shape index (κ2) is 6.80. The summed E-state index contributed by atoms with van der Waals surface area (Å²) in [7, 11) is -3.41. The number of carbonyl (C=O) groups excluding carboxylic acids is 1. The van der Waals surface area contributed by atoms with E-state index >= 15 is 0 Å². The third kappa shape index (κ3) is 3.43. The van der Waals surface area contributed by atoms with Crippen molar-refractivity contribution in [3.8, 4) is 0 Å². The zero-order valence-electron chi connectivity index (χ0n) is 14.0. The SMILES string of the molecule is Cc1noc(C)c1C(=O)N1CC[C@@H](c2ccccc2Cl)S(=O)(=O)CC1. The van der Waals surface area contributed by atoms with Crippen molar-refractivity contribution in [3.05, 3.63) is 51.9 Å². The lowest BCUT2D eigenvalue weighted by Crippen LogP contribution is -2.34. The number of hydrogen-bond acceptors (Lipinski definition) is 5. The molecule has 8 heteroatoms. The number of aromatic nitrogens is 1. The molecule has 0 spiro atoms. The number of amides is 1. The first-order valence-corrected chi connectivity index (χ1v) is 10.1. The Morgan fingerprint density at radius 1 is 1.28 bits per heavy atom. The maximum absolute atomic E-state index is 12.8. The highest BCUT2D eigenvalue weighted by Gasteiger charge is 2.35. The van der Waals surface area contributed by atoms with Gasteiger partial charge in [-0.05, 0) is 31.9 Å². The van der Waals surface area contributed by atoms with Crippen molar-refractivity contribution in [3.63, 3.8) is 0 Å². The van der Waals surface area contributed by atoms with E-state index in [9.17, 15) is 13.2 Å². The summed E-state index contributed by atoms with van der Waals surface area (Å²) in [6.07, 6.45) is 0.307. The number of halogens is 1. The molecule has 134 valence electrons. The van der Waals surface area contributed by atoms with E-state index in [-0.39, 0.29) is 18.2 Å². The third-order valence-corrected chi connectivity index (χ3v) is 6.98. The summed E-state index contributed by atoms with van der Waals surface area (Å²) in [5.41, 5.74) is 1.52. The van der Waals surface area contributed by atoms with Crippen LogP contribution in [0.1, 0.15) is 39.0 Å². The highest BCUT2D eigenvalue weighted by Crippen LogP contribution is 2.34. The molecule has 0 saturated carbocycles. The Morgan fingerprint density at radius 3 is 2.64 bits per heavy atom. The van der Waals surface area contributed by atoms with Crippen LogP contribution in [0.15, 0.2) is 28.8 Å². The van der Waals surface area contributed by atoms with Gasteiger partial charge in [0.25, 0.3) is 5.91 Å². The van der Waals surface area contributed by atoms with Gasteiger partial charge in [-0.1, -0.05) is 35.0 Å². The van der Waals surface area contributed by atoms with Gasteiger partial charge in [-0.3, -0.25) is 4.79 Å². The molecule has 3 rings (SSSR count). The standard InChI is InChI=1S/C17H19ClN2O4S/c1-11-16(12(2)24-19-11)17(21)20-8-7-15(25(22,23)10-9-20)13-5-3-4-6-14(13)18/h3-6,15H,7-10H2,1-2H3/t15-/m0/s1. The number of hydrogen-bond donors (Lipinski definition) is 0. The summed E-state index contributed by atoms with van der Waals surface area (Å²) >= 11 is 6.19. The van der Waals surface area contributed by atoms with Crippen molar-refractivity contribution in [2.75, 3.05) is 18.8 Å². The Bertz CT molecular complexity index is 888. The maximum Gasteiger partial charge on any atom is 0.259 e. The molecule has 6 nitrogen and oxygen atoms in total. The largest absolute Gasteiger partial charge is 0.361 e. The third-order valence-electron chi connectivity index (χ3n) is 4.53. The van der Waals surface area contributed by atoms with E-state index in [1.54, 1.807) is 43.0 Å². The van der Waals surface area contributed by atoms with Crippen LogP contribution in [-0.2, 0) is 9.84 Å². The number of nitrogens with zero attached hydrogens (tertiary/aromatic N) is 2. The van der Waals surface area contributed by atoms with Gasteiger partial charge in [0, 0.05) is 18.1 Å². The van der Waals surface area contributed by atoms with Crippen LogP contribution in [0.25, 0.3) is 0 Å². The molecule has 25 heavy (non-hydrogen) atoms. The van der Waals surface area contributed by atoms with Gasteiger partial charge in [-0.25, -0.2) is 8.42 Å².